The van der Waals surface area contributed by atoms with E-state index in [2.05, 4.69) is 5.32 Å². The maximum atomic E-state index is 9.45. The number of nitrogens with one attached hydrogen (secondary N) is 1. The lowest BCUT2D eigenvalue weighted by molar-refractivity contribution is 0.00578. The minimum atomic E-state index is -0.473. The van der Waals surface area contributed by atoms with Gasteiger partial charge < -0.3 is 29.2 Å². The Morgan fingerprint density at radius 3 is 2.00 bits per heavy atom. The predicted molar refractivity (Wildman–Crippen MR) is 103 cm³/mol. The maximum absolute atomic E-state index is 9.45. The normalized spacial score (nSPS) is 18.9. The van der Waals surface area contributed by atoms with Crippen molar-refractivity contribution in [3.8, 4) is 11.5 Å². The average molecular weight is 363 g/mol. The fourth-order valence-corrected chi connectivity index (χ4v) is 2.81. The number of hydrogen-bond donors (Lipinski definition) is 2. The molecule has 144 valence electrons. The van der Waals surface area contributed by atoms with Gasteiger partial charge in [-0.05, 0) is 57.9 Å². The van der Waals surface area contributed by atoms with Crippen LogP contribution in [0.25, 0.3) is 6.08 Å². The molecular formula is C19H30BNO5. The highest BCUT2D eigenvalue weighted by molar-refractivity contribution is 6.56. The van der Waals surface area contributed by atoms with Crippen molar-refractivity contribution in [1.82, 2.24) is 5.32 Å². The summed E-state index contributed by atoms with van der Waals surface area (Å²) in [5.74, 6) is 1.25. The molecule has 1 aromatic carbocycles. The second-order valence-corrected chi connectivity index (χ2v) is 7.41. The molecule has 0 amide bonds. The van der Waals surface area contributed by atoms with Crippen LogP contribution >= 0.6 is 0 Å². The second-order valence-electron chi connectivity index (χ2n) is 7.41. The Bertz CT molecular complexity index is 631. The zero-order chi connectivity index (χ0) is 19.5. The number of rotatable bonds is 7. The molecule has 1 saturated heterocycles. The van der Waals surface area contributed by atoms with Gasteiger partial charge in [0.2, 0.25) is 0 Å². The zero-order valence-electron chi connectivity index (χ0n) is 16.8. The summed E-state index contributed by atoms with van der Waals surface area (Å²) in [7, 11) is 4.60. The highest BCUT2D eigenvalue weighted by atomic mass is 16.7. The summed E-state index contributed by atoms with van der Waals surface area (Å²) >= 11 is 0. The third-order valence-electron chi connectivity index (χ3n) is 5.05. The number of aliphatic hydroxyl groups excluding tert-OH is 1. The van der Waals surface area contributed by atoms with Crippen LogP contribution in [0.15, 0.2) is 17.6 Å². The highest BCUT2D eigenvalue weighted by Gasteiger charge is 2.52. The molecule has 6 nitrogen and oxygen atoms in total. The van der Waals surface area contributed by atoms with Gasteiger partial charge in [0.05, 0.1) is 37.6 Å². The van der Waals surface area contributed by atoms with E-state index in [1.54, 1.807) is 26.4 Å². The zero-order valence-corrected chi connectivity index (χ0v) is 16.8. The van der Waals surface area contributed by atoms with Crippen molar-refractivity contribution in [2.24, 2.45) is 0 Å². The van der Waals surface area contributed by atoms with E-state index < -0.39 is 18.3 Å². The summed E-state index contributed by atoms with van der Waals surface area (Å²) in [6.07, 6.45) is 1.97. The maximum Gasteiger partial charge on any atom is 0.491 e. The smallest absolute Gasteiger partial charge is 0.491 e. The highest BCUT2D eigenvalue weighted by Crippen LogP contribution is 2.40. The monoisotopic (exact) mass is 363 g/mol. The van der Waals surface area contributed by atoms with E-state index in [0.717, 1.165) is 16.6 Å². The SMILES string of the molecule is CNCC(=Cc1c(OC)cc(CO)cc1OC)B1OC(C)(C)C(C)(C)O1. The number of benzene rings is 1. The van der Waals surface area contributed by atoms with Crippen LogP contribution in [0.3, 0.4) is 0 Å². The van der Waals surface area contributed by atoms with Gasteiger partial charge in [0.25, 0.3) is 0 Å². The molecule has 2 N–H and O–H groups in total. The molecular weight excluding hydrogens is 333 g/mol. The number of hydrogen-bond acceptors (Lipinski definition) is 6. The first-order chi connectivity index (χ1) is 12.2. The van der Waals surface area contributed by atoms with Crippen LogP contribution in [0.4, 0.5) is 0 Å². The molecule has 0 atom stereocenters. The Morgan fingerprint density at radius 2 is 1.62 bits per heavy atom. The minimum absolute atomic E-state index is 0.0860. The van der Waals surface area contributed by atoms with Crippen LogP contribution in [0, 0.1) is 0 Å². The molecule has 2 rings (SSSR count). The van der Waals surface area contributed by atoms with Crippen molar-refractivity contribution < 1.29 is 23.9 Å². The second kappa shape index (κ2) is 8.00. The van der Waals surface area contributed by atoms with Crippen molar-refractivity contribution in [1.29, 1.82) is 0 Å². The van der Waals surface area contributed by atoms with E-state index in [1.807, 2.05) is 40.8 Å². The van der Waals surface area contributed by atoms with Gasteiger partial charge >= 0.3 is 7.12 Å². The lowest BCUT2D eigenvalue weighted by atomic mass is 9.76. The Morgan fingerprint density at radius 1 is 1.12 bits per heavy atom. The third kappa shape index (κ3) is 4.06. The van der Waals surface area contributed by atoms with Crippen LogP contribution in [-0.2, 0) is 15.9 Å². The molecule has 0 saturated carbocycles. The van der Waals surface area contributed by atoms with Gasteiger partial charge in [0, 0.05) is 6.54 Å². The molecule has 0 radical (unpaired) electrons. The summed E-state index contributed by atoms with van der Waals surface area (Å²) in [6, 6.07) is 3.60. The third-order valence-corrected chi connectivity index (χ3v) is 5.05. The van der Waals surface area contributed by atoms with E-state index in [1.165, 1.54) is 0 Å². The average Bonchev–Trinajstić information content (AvgIpc) is 2.81. The van der Waals surface area contributed by atoms with E-state index in [9.17, 15) is 5.11 Å². The molecule has 7 heteroatoms. The Kier molecular flexibility index (Phi) is 6.39. The van der Waals surface area contributed by atoms with Gasteiger partial charge in [-0.15, -0.1) is 0 Å². The van der Waals surface area contributed by atoms with Crippen molar-refractivity contribution in [3.05, 3.63) is 28.7 Å². The van der Waals surface area contributed by atoms with E-state index >= 15 is 0 Å². The lowest BCUT2D eigenvalue weighted by Gasteiger charge is -2.32. The van der Waals surface area contributed by atoms with Gasteiger partial charge in [-0.2, -0.15) is 0 Å². The van der Waals surface area contributed by atoms with Gasteiger partial charge in [-0.3, -0.25) is 0 Å². The largest absolute Gasteiger partial charge is 0.496 e. The molecule has 1 aliphatic rings. The predicted octanol–water partition coefficient (Wildman–Crippen LogP) is 2.43. The number of ether oxygens (including phenoxy) is 2. The molecule has 0 unspecified atom stereocenters. The molecule has 26 heavy (non-hydrogen) atoms. The molecule has 1 aliphatic heterocycles. The summed E-state index contributed by atoms with van der Waals surface area (Å²) in [4.78, 5) is 0. The van der Waals surface area contributed by atoms with Crippen molar-refractivity contribution >= 4 is 13.2 Å². The fraction of sp³-hybridized carbons (Fsp3) is 0.579. The summed E-state index contributed by atoms with van der Waals surface area (Å²) < 4.78 is 23.4. The van der Waals surface area contributed by atoms with Crippen LogP contribution < -0.4 is 14.8 Å². The van der Waals surface area contributed by atoms with Crippen LogP contribution in [0.1, 0.15) is 38.8 Å². The molecule has 0 aromatic heterocycles. The summed E-state index contributed by atoms with van der Waals surface area (Å²) in [5, 5.41) is 12.6. The lowest BCUT2D eigenvalue weighted by Crippen LogP contribution is -2.41. The van der Waals surface area contributed by atoms with E-state index in [0.29, 0.717) is 18.0 Å². The fourth-order valence-electron chi connectivity index (χ4n) is 2.81. The Labute approximate surface area is 156 Å². The standard InChI is InChI=1S/C19H30BNO5/c1-18(2)19(3,4)26-20(25-18)14(11-21-5)10-15-16(23-6)8-13(12-22)9-17(15)24-7/h8-10,21-22H,11-12H2,1-7H3. The quantitative estimate of drug-likeness (QED) is 0.726. The minimum Gasteiger partial charge on any atom is -0.496 e. The summed E-state index contributed by atoms with van der Waals surface area (Å²) in [6.45, 7) is 8.62. The van der Waals surface area contributed by atoms with Gasteiger partial charge in [0.15, 0.2) is 0 Å². The van der Waals surface area contributed by atoms with Crippen molar-refractivity contribution in [2.75, 3.05) is 27.8 Å². The van der Waals surface area contributed by atoms with Crippen LogP contribution in [0.2, 0.25) is 0 Å². The van der Waals surface area contributed by atoms with Crippen LogP contribution in [0.5, 0.6) is 11.5 Å². The first-order valence-electron chi connectivity index (χ1n) is 8.75. The van der Waals surface area contributed by atoms with E-state index in [-0.39, 0.29) is 6.61 Å². The number of aliphatic hydroxyl groups is 1. The topological polar surface area (TPSA) is 69.2 Å². The van der Waals surface area contributed by atoms with Gasteiger partial charge in [0.1, 0.15) is 11.5 Å². The molecule has 1 fully saturated rings. The molecule has 0 aliphatic carbocycles. The van der Waals surface area contributed by atoms with Gasteiger partial charge in [-0.1, -0.05) is 6.08 Å². The molecule has 1 heterocycles. The Balaban J connectivity index is 2.50. The Hall–Kier alpha value is -1.54. The summed E-state index contributed by atoms with van der Waals surface area (Å²) in [5.41, 5.74) is 1.60. The van der Waals surface area contributed by atoms with Crippen molar-refractivity contribution in [3.63, 3.8) is 0 Å². The first-order valence-corrected chi connectivity index (χ1v) is 8.75. The molecule has 0 spiro atoms. The number of methoxy groups -OCH3 is 2. The van der Waals surface area contributed by atoms with E-state index in [4.69, 9.17) is 18.8 Å². The number of likely N-dealkylation sites (N-methyl/N-ethyl adjacent to an activating group) is 1. The molecule has 0 bridgehead atoms. The van der Waals surface area contributed by atoms with Gasteiger partial charge in [-0.25, -0.2) is 0 Å². The molecule has 1 aromatic rings. The van der Waals surface area contributed by atoms with Crippen LogP contribution in [-0.4, -0.2) is 51.2 Å². The first kappa shape index (κ1) is 20.8. The van der Waals surface area contributed by atoms with Crippen molar-refractivity contribution in [2.45, 2.75) is 45.5 Å².